The Labute approximate surface area is 179 Å². The molecule has 4 rings (SSSR count). The predicted molar refractivity (Wildman–Crippen MR) is 120 cm³/mol. The summed E-state index contributed by atoms with van der Waals surface area (Å²) in [5.74, 6) is 0.386. The van der Waals surface area contributed by atoms with Crippen molar-refractivity contribution in [2.75, 3.05) is 23.3 Å². The fourth-order valence-corrected chi connectivity index (χ4v) is 4.72. The maximum Gasteiger partial charge on any atom is 0.224 e. The average Bonchev–Trinajstić information content (AvgIpc) is 3.17. The molecule has 3 aromatic rings. The lowest BCUT2D eigenvalue weighted by Crippen LogP contribution is -2.41. The van der Waals surface area contributed by atoms with Crippen molar-refractivity contribution in [3.8, 4) is 0 Å². The van der Waals surface area contributed by atoms with Gasteiger partial charge in [0.15, 0.2) is 0 Å². The number of amides is 2. The summed E-state index contributed by atoms with van der Waals surface area (Å²) in [5, 5.41) is 3.96. The molecule has 7 nitrogen and oxygen atoms in total. The second-order valence-corrected chi connectivity index (χ2v) is 8.68. The zero-order valence-electron chi connectivity index (χ0n) is 16.7. The first-order valence-corrected chi connectivity index (χ1v) is 11.0. The Morgan fingerprint density at radius 2 is 2.10 bits per heavy atom. The summed E-state index contributed by atoms with van der Waals surface area (Å²) in [4.78, 5) is 34.8. The number of thiazole rings is 1. The lowest BCUT2D eigenvalue weighted by atomic mass is 9.97. The lowest BCUT2D eigenvalue weighted by Gasteiger charge is -2.32. The van der Waals surface area contributed by atoms with Crippen molar-refractivity contribution in [1.29, 1.82) is 0 Å². The Morgan fingerprint density at radius 1 is 1.23 bits per heavy atom. The molecule has 1 aromatic carbocycles. The molecule has 30 heavy (non-hydrogen) atoms. The predicted octanol–water partition coefficient (Wildman–Crippen LogP) is 3.35. The maximum absolute atomic E-state index is 12.3. The van der Waals surface area contributed by atoms with Crippen molar-refractivity contribution >= 4 is 44.9 Å². The summed E-state index contributed by atoms with van der Waals surface area (Å²) in [6.07, 6.45) is 5.39. The number of pyridine rings is 1. The molecule has 3 N–H and O–H groups in total. The highest BCUT2D eigenvalue weighted by Crippen LogP contribution is 2.24. The maximum atomic E-state index is 12.3. The molecular formula is C22H25N5O2S. The van der Waals surface area contributed by atoms with E-state index < -0.39 is 0 Å². The number of rotatable bonds is 7. The van der Waals surface area contributed by atoms with Crippen molar-refractivity contribution < 1.29 is 9.59 Å². The zero-order valence-corrected chi connectivity index (χ0v) is 17.5. The Morgan fingerprint density at radius 3 is 2.87 bits per heavy atom. The van der Waals surface area contributed by atoms with Gasteiger partial charge in [-0.25, -0.2) is 9.97 Å². The van der Waals surface area contributed by atoms with Gasteiger partial charge >= 0.3 is 0 Å². The van der Waals surface area contributed by atoms with Crippen LogP contribution in [0.1, 0.15) is 30.7 Å². The number of piperidine rings is 1. The van der Waals surface area contributed by atoms with Gasteiger partial charge < -0.3 is 16.0 Å². The molecule has 1 saturated heterocycles. The van der Waals surface area contributed by atoms with Crippen LogP contribution in [0.2, 0.25) is 0 Å². The number of benzene rings is 1. The Hall–Kier alpha value is -3.00. The summed E-state index contributed by atoms with van der Waals surface area (Å²) in [5.41, 5.74) is 7.14. The van der Waals surface area contributed by atoms with Gasteiger partial charge in [0.2, 0.25) is 11.8 Å². The molecule has 0 aliphatic carbocycles. The molecular weight excluding hydrogens is 398 g/mol. The van der Waals surface area contributed by atoms with Crippen molar-refractivity contribution in [3.63, 3.8) is 0 Å². The molecule has 0 radical (unpaired) electrons. The molecule has 0 spiro atoms. The number of nitrogens with one attached hydrogen (secondary N) is 1. The fraction of sp³-hybridized carbons (Fsp3) is 0.364. The number of carbonyl (C=O) groups excluding carboxylic acids is 2. The standard InChI is InChI=1S/C22H25N5O2S/c23-22(29)15-5-4-12-27(14-15)19-11-10-16(13-24-19)25-20(28)8-3-9-21-26-17-6-1-2-7-18(17)30-21/h1-2,6-7,10-11,13,15H,3-5,8-9,12,14H2,(H2,23,29)(H,25,28). The Balaban J connectivity index is 1.25. The number of aryl methyl sites for hydroxylation is 1. The molecule has 1 fully saturated rings. The molecule has 3 heterocycles. The molecule has 1 unspecified atom stereocenters. The van der Waals surface area contributed by atoms with E-state index in [9.17, 15) is 9.59 Å². The molecule has 8 heteroatoms. The van der Waals surface area contributed by atoms with Crippen LogP contribution in [0.4, 0.5) is 11.5 Å². The number of fused-ring (bicyclic) bond motifs is 1. The first-order chi connectivity index (χ1) is 14.6. The number of primary amides is 1. The third-order valence-corrected chi connectivity index (χ3v) is 6.41. The van der Waals surface area contributed by atoms with Gasteiger partial charge in [0.1, 0.15) is 5.82 Å². The van der Waals surface area contributed by atoms with E-state index in [0.29, 0.717) is 18.7 Å². The molecule has 1 aliphatic heterocycles. The molecule has 2 aromatic heterocycles. The second kappa shape index (κ2) is 9.21. The molecule has 2 amide bonds. The number of hydrogen-bond donors (Lipinski definition) is 2. The van der Waals surface area contributed by atoms with Gasteiger partial charge in [-0.05, 0) is 49.9 Å². The monoisotopic (exact) mass is 423 g/mol. The molecule has 0 bridgehead atoms. The van der Waals surface area contributed by atoms with E-state index in [1.54, 1.807) is 17.5 Å². The normalized spacial score (nSPS) is 16.5. The number of anilines is 2. The number of nitrogens with two attached hydrogens (primary N) is 1. The van der Waals surface area contributed by atoms with E-state index in [1.807, 2.05) is 30.3 Å². The summed E-state index contributed by atoms with van der Waals surface area (Å²) < 4.78 is 1.18. The summed E-state index contributed by atoms with van der Waals surface area (Å²) in [7, 11) is 0. The van der Waals surface area contributed by atoms with E-state index in [2.05, 4.69) is 26.3 Å². The van der Waals surface area contributed by atoms with Crippen LogP contribution in [0, 0.1) is 5.92 Å². The Kier molecular flexibility index (Phi) is 6.23. The van der Waals surface area contributed by atoms with Gasteiger partial charge in [-0.3, -0.25) is 9.59 Å². The SMILES string of the molecule is NC(=O)C1CCCN(c2ccc(NC(=O)CCCc3nc4ccccc4s3)cn2)C1. The largest absolute Gasteiger partial charge is 0.369 e. The molecule has 1 atom stereocenters. The van der Waals surface area contributed by atoms with Crippen LogP contribution in [0.5, 0.6) is 0 Å². The van der Waals surface area contributed by atoms with Crippen molar-refractivity contribution in [1.82, 2.24) is 9.97 Å². The topological polar surface area (TPSA) is 101 Å². The minimum Gasteiger partial charge on any atom is -0.369 e. The van der Waals surface area contributed by atoms with Gasteiger partial charge in [-0.2, -0.15) is 0 Å². The summed E-state index contributed by atoms with van der Waals surface area (Å²) in [6.45, 7) is 1.45. The minimum atomic E-state index is -0.255. The first-order valence-electron chi connectivity index (χ1n) is 10.2. The number of hydrogen-bond acceptors (Lipinski definition) is 6. The molecule has 0 saturated carbocycles. The van der Waals surface area contributed by atoms with Gasteiger partial charge in [0, 0.05) is 19.5 Å². The van der Waals surface area contributed by atoms with Crippen molar-refractivity contribution in [2.24, 2.45) is 11.7 Å². The van der Waals surface area contributed by atoms with Crippen LogP contribution >= 0.6 is 11.3 Å². The molecule has 1 aliphatic rings. The summed E-state index contributed by atoms with van der Waals surface area (Å²) in [6, 6.07) is 11.8. The van der Waals surface area contributed by atoms with Gasteiger partial charge in [0.25, 0.3) is 0 Å². The zero-order chi connectivity index (χ0) is 20.9. The number of para-hydroxylation sites is 1. The first kappa shape index (κ1) is 20.3. The van der Waals surface area contributed by atoms with Crippen LogP contribution in [0.25, 0.3) is 10.2 Å². The van der Waals surface area contributed by atoms with Crippen LogP contribution in [-0.4, -0.2) is 34.9 Å². The smallest absolute Gasteiger partial charge is 0.224 e. The van der Waals surface area contributed by atoms with Gasteiger partial charge in [-0.15, -0.1) is 11.3 Å². The van der Waals surface area contributed by atoms with Crippen molar-refractivity contribution in [2.45, 2.75) is 32.1 Å². The highest BCUT2D eigenvalue weighted by Gasteiger charge is 2.24. The lowest BCUT2D eigenvalue weighted by molar-refractivity contribution is -0.122. The third-order valence-electron chi connectivity index (χ3n) is 5.31. The van der Waals surface area contributed by atoms with E-state index in [-0.39, 0.29) is 17.7 Å². The minimum absolute atomic E-state index is 0.0302. The Bertz CT molecular complexity index is 1000. The van der Waals surface area contributed by atoms with E-state index in [4.69, 9.17) is 5.73 Å². The van der Waals surface area contributed by atoms with E-state index in [1.165, 1.54) is 4.70 Å². The number of nitrogens with zero attached hydrogens (tertiary/aromatic N) is 3. The quantitative estimate of drug-likeness (QED) is 0.607. The van der Waals surface area contributed by atoms with Crippen molar-refractivity contribution in [3.05, 3.63) is 47.6 Å². The number of aromatic nitrogens is 2. The van der Waals surface area contributed by atoms with E-state index in [0.717, 1.165) is 48.6 Å². The van der Waals surface area contributed by atoms with Gasteiger partial charge in [-0.1, -0.05) is 12.1 Å². The van der Waals surface area contributed by atoms with Gasteiger partial charge in [0.05, 0.1) is 33.0 Å². The second-order valence-electron chi connectivity index (χ2n) is 7.57. The number of carbonyl (C=O) groups is 2. The summed E-state index contributed by atoms with van der Waals surface area (Å²) >= 11 is 1.68. The van der Waals surface area contributed by atoms with Crippen LogP contribution in [0.3, 0.4) is 0 Å². The highest BCUT2D eigenvalue weighted by atomic mass is 32.1. The van der Waals surface area contributed by atoms with Crippen LogP contribution in [-0.2, 0) is 16.0 Å². The average molecular weight is 424 g/mol. The van der Waals surface area contributed by atoms with Crippen LogP contribution < -0.4 is 16.0 Å². The fourth-order valence-electron chi connectivity index (χ4n) is 3.72. The third kappa shape index (κ3) is 4.94. The molecule has 156 valence electrons. The van der Waals surface area contributed by atoms with E-state index >= 15 is 0 Å². The van der Waals surface area contributed by atoms with Crippen LogP contribution in [0.15, 0.2) is 42.6 Å². The highest BCUT2D eigenvalue weighted by molar-refractivity contribution is 7.18.